The summed E-state index contributed by atoms with van der Waals surface area (Å²) in [6, 6.07) is 4.16. The minimum Gasteiger partial charge on any atom is -0.337 e. The molecule has 1 atom stereocenters. The SMILES string of the molecule is CC(C)C[C@@H](N)c1nc(-c2cc(F)cc(Br)c2)no1. The van der Waals surface area contributed by atoms with Crippen LogP contribution in [-0.4, -0.2) is 10.1 Å². The molecular formula is C13H15BrFN3O. The van der Waals surface area contributed by atoms with Gasteiger partial charge in [0.1, 0.15) is 5.82 Å². The molecule has 19 heavy (non-hydrogen) atoms. The fourth-order valence-corrected chi connectivity index (χ4v) is 2.26. The lowest BCUT2D eigenvalue weighted by atomic mass is 10.0. The summed E-state index contributed by atoms with van der Waals surface area (Å²) in [7, 11) is 0. The zero-order valence-electron chi connectivity index (χ0n) is 10.7. The van der Waals surface area contributed by atoms with Crippen molar-refractivity contribution in [1.82, 2.24) is 10.1 Å². The van der Waals surface area contributed by atoms with E-state index in [4.69, 9.17) is 10.3 Å². The lowest BCUT2D eigenvalue weighted by Gasteiger charge is -2.08. The Labute approximate surface area is 119 Å². The summed E-state index contributed by atoms with van der Waals surface area (Å²) < 4.78 is 19.1. The smallest absolute Gasteiger partial charge is 0.243 e. The van der Waals surface area contributed by atoms with Crippen molar-refractivity contribution in [3.8, 4) is 11.4 Å². The molecule has 6 heteroatoms. The highest BCUT2D eigenvalue weighted by Crippen LogP contribution is 2.24. The van der Waals surface area contributed by atoms with E-state index in [1.807, 2.05) is 0 Å². The standard InChI is InChI=1S/C13H15BrFN3O/c1-7(2)3-11(16)13-17-12(18-19-13)8-4-9(14)6-10(15)5-8/h4-7,11H,3,16H2,1-2H3/t11-/m1/s1. The van der Waals surface area contributed by atoms with Crippen molar-refractivity contribution >= 4 is 15.9 Å². The average Bonchev–Trinajstić information content (AvgIpc) is 2.75. The number of rotatable bonds is 4. The van der Waals surface area contributed by atoms with Crippen LogP contribution in [0.1, 0.15) is 32.2 Å². The van der Waals surface area contributed by atoms with E-state index >= 15 is 0 Å². The lowest BCUT2D eigenvalue weighted by molar-refractivity contribution is 0.335. The molecule has 4 nitrogen and oxygen atoms in total. The number of hydrogen-bond acceptors (Lipinski definition) is 4. The summed E-state index contributed by atoms with van der Waals surface area (Å²) in [4.78, 5) is 4.23. The van der Waals surface area contributed by atoms with Crippen LogP contribution in [0.15, 0.2) is 27.2 Å². The van der Waals surface area contributed by atoms with Crippen molar-refractivity contribution in [2.75, 3.05) is 0 Å². The first-order valence-electron chi connectivity index (χ1n) is 6.01. The third-order valence-electron chi connectivity index (χ3n) is 2.61. The Morgan fingerprint density at radius 1 is 1.37 bits per heavy atom. The van der Waals surface area contributed by atoms with Crippen LogP contribution in [0.25, 0.3) is 11.4 Å². The fraction of sp³-hybridized carbons (Fsp3) is 0.385. The van der Waals surface area contributed by atoms with Gasteiger partial charge in [0.2, 0.25) is 11.7 Å². The van der Waals surface area contributed by atoms with Crippen molar-refractivity contribution in [2.24, 2.45) is 11.7 Å². The van der Waals surface area contributed by atoms with E-state index in [1.54, 1.807) is 6.07 Å². The number of benzene rings is 1. The second-order valence-corrected chi connectivity index (χ2v) is 5.77. The van der Waals surface area contributed by atoms with Gasteiger partial charge >= 0.3 is 0 Å². The molecule has 1 heterocycles. The number of halogens is 2. The molecule has 0 saturated heterocycles. The molecular weight excluding hydrogens is 313 g/mol. The molecule has 2 aromatic rings. The molecule has 0 spiro atoms. The number of nitrogens with zero attached hydrogens (tertiary/aromatic N) is 2. The summed E-state index contributed by atoms with van der Waals surface area (Å²) in [5, 5.41) is 3.84. The van der Waals surface area contributed by atoms with E-state index in [0.29, 0.717) is 27.7 Å². The van der Waals surface area contributed by atoms with Crippen molar-refractivity contribution in [1.29, 1.82) is 0 Å². The molecule has 1 aromatic carbocycles. The topological polar surface area (TPSA) is 64.9 Å². The Morgan fingerprint density at radius 3 is 2.74 bits per heavy atom. The van der Waals surface area contributed by atoms with Crippen molar-refractivity contribution in [3.05, 3.63) is 34.4 Å². The first-order chi connectivity index (χ1) is 8.95. The van der Waals surface area contributed by atoms with Gasteiger partial charge in [-0.15, -0.1) is 0 Å². The molecule has 0 amide bonds. The highest BCUT2D eigenvalue weighted by molar-refractivity contribution is 9.10. The first kappa shape index (κ1) is 14.1. The van der Waals surface area contributed by atoms with Crippen LogP contribution >= 0.6 is 15.9 Å². The lowest BCUT2D eigenvalue weighted by Crippen LogP contribution is -2.13. The molecule has 0 saturated carbocycles. The molecule has 0 aliphatic carbocycles. The molecule has 0 bridgehead atoms. The number of hydrogen-bond donors (Lipinski definition) is 1. The van der Waals surface area contributed by atoms with Gasteiger partial charge in [-0.25, -0.2) is 4.39 Å². The first-order valence-corrected chi connectivity index (χ1v) is 6.80. The van der Waals surface area contributed by atoms with E-state index < -0.39 is 0 Å². The fourth-order valence-electron chi connectivity index (χ4n) is 1.79. The van der Waals surface area contributed by atoms with Gasteiger partial charge in [0, 0.05) is 10.0 Å². The molecule has 0 aliphatic rings. The van der Waals surface area contributed by atoms with Gasteiger partial charge in [-0.1, -0.05) is 34.9 Å². The van der Waals surface area contributed by atoms with Gasteiger partial charge in [0.05, 0.1) is 6.04 Å². The predicted octanol–water partition coefficient (Wildman–Crippen LogP) is 3.68. The maximum Gasteiger partial charge on any atom is 0.243 e. The van der Waals surface area contributed by atoms with Gasteiger partial charge in [0.25, 0.3) is 0 Å². The second kappa shape index (κ2) is 5.79. The average molecular weight is 328 g/mol. The summed E-state index contributed by atoms with van der Waals surface area (Å²) in [6.45, 7) is 4.14. The van der Waals surface area contributed by atoms with Crippen LogP contribution < -0.4 is 5.73 Å². The van der Waals surface area contributed by atoms with Gasteiger partial charge in [-0.05, 0) is 30.5 Å². The van der Waals surface area contributed by atoms with Gasteiger partial charge in [-0.3, -0.25) is 0 Å². The molecule has 2 N–H and O–H groups in total. The molecule has 0 fully saturated rings. The summed E-state index contributed by atoms with van der Waals surface area (Å²) in [5.74, 6) is 0.800. The van der Waals surface area contributed by atoms with E-state index in [1.165, 1.54) is 12.1 Å². The molecule has 0 radical (unpaired) electrons. The molecule has 0 unspecified atom stereocenters. The van der Waals surface area contributed by atoms with E-state index in [-0.39, 0.29) is 11.9 Å². The summed E-state index contributed by atoms with van der Waals surface area (Å²) >= 11 is 3.23. The monoisotopic (exact) mass is 327 g/mol. The van der Waals surface area contributed by atoms with Crippen LogP contribution in [0.3, 0.4) is 0 Å². The normalized spacial score (nSPS) is 12.9. The minimum absolute atomic E-state index is 0.293. The van der Waals surface area contributed by atoms with Crippen molar-refractivity contribution in [3.63, 3.8) is 0 Å². The third-order valence-corrected chi connectivity index (χ3v) is 3.06. The Morgan fingerprint density at radius 2 is 2.11 bits per heavy atom. The van der Waals surface area contributed by atoms with Crippen LogP contribution in [0.5, 0.6) is 0 Å². The van der Waals surface area contributed by atoms with Crippen LogP contribution in [0.2, 0.25) is 0 Å². The Bertz CT molecular complexity index is 551. The summed E-state index contributed by atoms with van der Waals surface area (Å²) in [6.07, 6.45) is 0.758. The zero-order valence-corrected chi connectivity index (χ0v) is 12.3. The Balaban J connectivity index is 2.25. The number of nitrogens with two attached hydrogens (primary N) is 1. The third kappa shape index (κ3) is 3.61. The van der Waals surface area contributed by atoms with Crippen molar-refractivity contribution in [2.45, 2.75) is 26.3 Å². The maximum atomic E-state index is 13.3. The van der Waals surface area contributed by atoms with Crippen LogP contribution in [-0.2, 0) is 0 Å². The largest absolute Gasteiger partial charge is 0.337 e. The van der Waals surface area contributed by atoms with E-state index in [2.05, 4.69) is 39.9 Å². The predicted molar refractivity (Wildman–Crippen MR) is 73.8 cm³/mol. The van der Waals surface area contributed by atoms with Crippen LogP contribution in [0, 0.1) is 11.7 Å². The quantitative estimate of drug-likeness (QED) is 0.930. The van der Waals surface area contributed by atoms with Gasteiger partial charge < -0.3 is 10.3 Å². The summed E-state index contributed by atoms with van der Waals surface area (Å²) in [5.41, 5.74) is 6.52. The van der Waals surface area contributed by atoms with E-state index in [9.17, 15) is 4.39 Å². The Kier molecular flexibility index (Phi) is 4.31. The second-order valence-electron chi connectivity index (χ2n) is 4.85. The maximum absolute atomic E-state index is 13.3. The molecule has 1 aromatic heterocycles. The molecule has 0 aliphatic heterocycles. The van der Waals surface area contributed by atoms with Gasteiger partial charge in [-0.2, -0.15) is 4.98 Å². The minimum atomic E-state index is -0.359. The zero-order chi connectivity index (χ0) is 14.0. The highest BCUT2D eigenvalue weighted by atomic mass is 79.9. The van der Waals surface area contributed by atoms with Gasteiger partial charge in [0.15, 0.2) is 0 Å². The Hall–Kier alpha value is -1.27. The highest BCUT2D eigenvalue weighted by Gasteiger charge is 2.17. The molecule has 102 valence electrons. The van der Waals surface area contributed by atoms with E-state index in [0.717, 1.165) is 6.42 Å². The van der Waals surface area contributed by atoms with Crippen molar-refractivity contribution < 1.29 is 8.91 Å². The number of aromatic nitrogens is 2. The van der Waals surface area contributed by atoms with Crippen LogP contribution in [0.4, 0.5) is 4.39 Å². The molecule has 2 rings (SSSR count).